The van der Waals surface area contributed by atoms with E-state index in [1.807, 2.05) is 6.20 Å². The number of hydrogen-bond donors (Lipinski definition) is 1. The van der Waals surface area contributed by atoms with Gasteiger partial charge in [-0.15, -0.1) is 0 Å². The number of aromatic nitrogens is 4. The zero-order chi connectivity index (χ0) is 21.0. The van der Waals surface area contributed by atoms with E-state index < -0.39 is 17.3 Å². The summed E-state index contributed by atoms with van der Waals surface area (Å²) < 4.78 is 16.7. The molecule has 1 unspecified atom stereocenters. The summed E-state index contributed by atoms with van der Waals surface area (Å²) in [4.78, 5) is 21.9. The third-order valence-corrected chi connectivity index (χ3v) is 5.28. The molecule has 1 aliphatic rings. The van der Waals surface area contributed by atoms with Crippen LogP contribution in [0.4, 0.5) is 4.39 Å². The number of fused-ring (bicyclic) bond motifs is 2. The minimum Gasteiger partial charge on any atom is -0.374 e. The fraction of sp³-hybridized carbons (Fsp3) is 0.143. The quantitative estimate of drug-likeness (QED) is 0.534. The molecule has 3 aromatic heterocycles. The molecule has 0 bridgehead atoms. The largest absolute Gasteiger partial charge is 0.374 e. The summed E-state index contributed by atoms with van der Waals surface area (Å²) in [6.45, 7) is -0.205. The zero-order valence-electron chi connectivity index (χ0n) is 16.0. The average Bonchev–Trinajstić information content (AvgIpc) is 3.19. The second-order valence-corrected chi connectivity index (χ2v) is 7.25. The molecule has 0 aliphatic carbocycles. The average molecular weight is 399 g/mol. The number of carbonyl (C=O) groups excluding carboxylic acids is 1. The van der Waals surface area contributed by atoms with Crippen molar-refractivity contribution in [3.05, 3.63) is 77.8 Å². The van der Waals surface area contributed by atoms with Gasteiger partial charge >= 0.3 is 0 Å². The first-order chi connectivity index (χ1) is 14.4. The highest BCUT2D eigenvalue weighted by Gasteiger charge is 2.45. The van der Waals surface area contributed by atoms with Crippen molar-refractivity contribution in [2.24, 2.45) is 7.05 Å². The molecule has 0 saturated heterocycles. The van der Waals surface area contributed by atoms with E-state index in [1.54, 1.807) is 42.3 Å². The van der Waals surface area contributed by atoms with Gasteiger partial charge in [0.05, 0.1) is 24.0 Å². The zero-order valence-corrected chi connectivity index (χ0v) is 16.0. The topological polar surface area (TPSA) is 84.1 Å². The Kier molecular flexibility index (Phi) is 3.97. The van der Waals surface area contributed by atoms with Crippen LogP contribution in [0.15, 0.2) is 55.1 Å². The van der Waals surface area contributed by atoms with Crippen LogP contribution in [0.1, 0.15) is 21.6 Å². The van der Waals surface area contributed by atoms with Gasteiger partial charge in [0.1, 0.15) is 17.0 Å². The van der Waals surface area contributed by atoms with Crippen LogP contribution < -0.4 is 0 Å². The molecule has 9 heteroatoms. The summed E-state index contributed by atoms with van der Waals surface area (Å²) in [5.41, 5.74) is 0.452. The van der Waals surface area contributed by atoms with E-state index in [-0.39, 0.29) is 23.4 Å². The summed E-state index contributed by atoms with van der Waals surface area (Å²) in [7, 11) is 7.77. The highest BCUT2D eigenvalue weighted by atomic mass is 19.1. The molecule has 1 aromatic carbocycles. The lowest BCUT2D eigenvalue weighted by Crippen LogP contribution is -2.44. The van der Waals surface area contributed by atoms with Gasteiger partial charge in [0.25, 0.3) is 5.91 Å². The predicted octanol–water partition coefficient (Wildman–Crippen LogP) is 2.10. The lowest BCUT2D eigenvalue weighted by Gasteiger charge is -2.31. The molecule has 1 atom stereocenters. The van der Waals surface area contributed by atoms with Gasteiger partial charge < -0.3 is 10.0 Å². The maximum atomic E-state index is 15.0. The van der Waals surface area contributed by atoms with Crippen molar-refractivity contribution in [3.63, 3.8) is 0 Å². The lowest BCUT2D eigenvalue weighted by atomic mass is 9.87. The van der Waals surface area contributed by atoms with Gasteiger partial charge in [-0.2, -0.15) is 5.10 Å². The summed E-state index contributed by atoms with van der Waals surface area (Å²) >= 11 is 0. The summed E-state index contributed by atoms with van der Waals surface area (Å²) in [6.07, 6.45) is 6.59. The molecule has 1 N–H and O–H groups in total. The van der Waals surface area contributed by atoms with E-state index in [1.165, 1.54) is 18.3 Å². The van der Waals surface area contributed by atoms with Crippen molar-refractivity contribution in [1.29, 1.82) is 0 Å². The molecular weight excluding hydrogens is 384 g/mol. The minimum atomic E-state index is -2.11. The second-order valence-electron chi connectivity index (χ2n) is 7.25. The number of hydrogen-bond acceptors (Lipinski definition) is 5. The smallest absolute Gasteiger partial charge is 0.258 e. The van der Waals surface area contributed by atoms with Crippen molar-refractivity contribution in [1.82, 2.24) is 24.6 Å². The van der Waals surface area contributed by atoms with Crippen LogP contribution >= 0.6 is 0 Å². The molecule has 7 nitrogen and oxygen atoms in total. The van der Waals surface area contributed by atoms with Crippen LogP contribution in [0.2, 0.25) is 0 Å². The van der Waals surface area contributed by atoms with E-state index in [0.717, 1.165) is 15.8 Å². The molecule has 4 heterocycles. The summed E-state index contributed by atoms with van der Waals surface area (Å²) in [5, 5.41) is 15.8. The summed E-state index contributed by atoms with van der Waals surface area (Å²) in [6, 6.07) is 7.80. The highest BCUT2D eigenvalue weighted by molar-refractivity contribution is 6.19. The monoisotopic (exact) mass is 399 g/mol. The third-order valence-electron chi connectivity index (χ3n) is 5.28. The Labute approximate surface area is 172 Å². The Morgan fingerprint density at radius 3 is 2.83 bits per heavy atom. The van der Waals surface area contributed by atoms with Crippen LogP contribution in [0.5, 0.6) is 0 Å². The van der Waals surface area contributed by atoms with E-state index >= 15 is 0 Å². The second kappa shape index (κ2) is 6.46. The van der Waals surface area contributed by atoms with E-state index in [4.69, 9.17) is 7.85 Å². The Morgan fingerprint density at radius 2 is 2.07 bits per heavy atom. The van der Waals surface area contributed by atoms with E-state index in [0.29, 0.717) is 11.1 Å². The van der Waals surface area contributed by atoms with Crippen LogP contribution in [0.3, 0.4) is 0 Å². The maximum Gasteiger partial charge on any atom is 0.258 e. The fourth-order valence-corrected chi connectivity index (χ4v) is 3.80. The van der Waals surface area contributed by atoms with Crippen LogP contribution in [0.25, 0.3) is 22.0 Å². The van der Waals surface area contributed by atoms with Gasteiger partial charge in [-0.3, -0.25) is 19.4 Å². The van der Waals surface area contributed by atoms with Gasteiger partial charge in [0.15, 0.2) is 7.85 Å². The molecule has 30 heavy (non-hydrogen) atoms. The Balaban J connectivity index is 1.50. The number of nitrogens with zero attached hydrogens (tertiary/aromatic N) is 5. The molecule has 2 radical (unpaired) electrons. The van der Waals surface area contributed by atoms with Crippen molar-refractivity contribution in [2.75, 3.05) is 0 Å². The van der Waals surface area contributed by atoms with Crippen LogP contribution in [0, 0.1) is 5.82 Å². The normalized spacial score (nSPS) is 18.2. The number of aryl methyl sites for hydroxylation is 1. The standard InChI is InChI=1S/C21H15BFN5O2/c1-27-11-16-15(8-24-9-18(16)26-27)12-4-5-13(17(23)7-12)10-28-20(29)14-3-2-6-25-19(14)21(28,22)30/h2-9,11,30H,10H2,1H3. The lowest BCUT2D eigenvalue weighted by molar-refractivity contribution is -0.0227. The molecule has 146 valence electrons. The molecule has 0 fully saturated rings. The van der Waals surface area contributed by atoms with Crippen molar-refractivity contribution >= 4 is 24.7 Å². The third kappa shape index (κ3) is 2.70. The van der Waals surface area contributed by atoms with Crippen molar-refractivity contribution < 1.29 is 14.3 Å². The SMILES string of the molecule is [B]C1(O)c2ncccc2C(=O)N1Cc1ccc(-c2cncc3nn(C)cc23)cc1F. The Morgan fingerprint density at radius 1 is 1.23 bits per heavy atom. The Bertz CT molecular complexity index is 1320. The Hall–Kier alpha value is -3.59. The first-order valence-corrected chi connectivity index (χ1v) is 9.21. The fourth-order valence-electron chi connectivity index (χ4n) is 3.80. The van der Waals surface area contributed by atoms with Gasteiger partial charge in [-0.25, -0.2) is 4.39 Å². The number of aliphatic hydroxyl groups is 1. The first-order valence-electron chi connectivity index (χ1n) is 9.21. The van der Waals surface area contributed by atoms with Gasteiger partial charge in [0, 0.05) is 42.2 Å². The number of halogens is 1. The summed E-state index contributed by atoms with van der Waals surface area (Å²) in [5.74, 6) is -1.03. The number of rotatable bonds is 3. The van der Waals surface area contributed by atoms with Crippen LogP contribution in [-0.2, 0) is 19.2 Å². The molecule has 0 spiro atoms. The minimum absolute atomic E-state index is 0.0568. The number of amides is 1. The molecule has 4 aromatic rings. The van der Waals surface area contributed by atoms with Gasteiger partial charge in [0.2, 0.25) is 0 Å². The van der Waals surface area contributed by atoms with Gasteiger partial charge in [-0.05, 0) is 23.8 Å². The number of carbonyl (C=O) groups is 1. The first kappa shape index (κ1) is 18.4. The molecule has 1 aliphatic heterocycles. The molecule has 5 rings (SSSR count). The molecular formula is C21H15BFN5O2. The number of pyridine rings is 2. The molecule has 0 saturated carbocycles. The van der Waals surface area contributed by atoms with Gasteiger partial charge in [-0.1, -0.05) is 12.1 Å². The van der Waals surface area contributed by atoms with E-state index in [2.05, 4.69) is 15.1 Å². The van der Waals surface area contributed by atoms with Crippen LogP contribution in [-0.4, -0.2) is 43.5 Å². The van der Waals surface area contributed by atoms with Crippen molar-refractivity contribution in [3.8, 4) is 11.1 Å². The molecule has 1 amide bonds. The maximum absolute atomic E-state index is 15.0. The predicted molar refractivity (Wildman–Crippen MR) is 108 cm³/mol. The van der Waals surface area contributed by atoms with E-state index in [9.17, 15) is 14.3 Å². The van der Waals surface area contributed by atoms with Crippen molar-refractivity contribution in [2.45, 2.75) is 12.2 Å². The number of benzene rings is 1. The highest BCUT2D eigenvalue weighted by Crippen LogP contribution is 2.35.